The summed E-state index contributed by atoms with van der Waals surface area (Å²) in [5.41, 5.74) is 4.69. The van der Waals surface area contributed by atoms with Crippen molar-refractivity contribution in [3.05, 3.63) is 46.8 Å². The number of carboxylic acids is 1. The third-order valence-electron chi connectivity index (χ3n) is 5.20. The second-order valence-corrected chi connectivity index (χ2v) is 7.18. The molecule has 0 atom stereocenters. The van der Waals surface area contributed by atoms with Gasteiger partial charge in [-0.3, -0.25) is 9.59 Å². The van der Waals surface area contributed by atoms with Gasteiger partial charge in [-0.2, -0.15) is 5.10 Å². The molecule has 2 heterocycles. The van der Waals surface area contributed by atoms with Gasteiger partial charge >= 0.3 is 5.97 Å². The summed E-state index contributed by atoms with van der Waals surface area (Å²) < 4.78 is 1.83. The lowest BCUT2D eigenvalue weighted by Crippen LogP contribution is -2.39. The van der Waals surface area contributed by atoms with Gasteiger partial charge < -0.3 is 10.0 Å². The van der Waals surface area contributed by atoms with Crippen LogP contribution in [0.2, 0.25) is 0 Å². The molecule has 1 aliphatic heterocycles. The molecule has 0 radical (unpaired) electrons. The van der Waals surface area contributed by atoms with Gasteiger partial charge in [0.1, 0.15) is 0 Å². The highest BCUT2D eigenvalue weighted by Gasteiger charge is 2.27. The molecular weight excluding hydrogens is 330 g/mol. The van der Waals surface area contributed by atoms with E-state index in [1.54, 1.807) is 6.20 Å². The van der Waals surface area contributed by atoms with Gasteiger partial charge in [0.25, 0.3) is 5.91 Å². The standard InChI is InChI=1S/C20H25N3O3/c1-13-4-5-14(2)18(10-13)23-15(3)17(12-21-23)20(26)22-8-6-16(7-9-22)11-19(24)25/h4-5,10,12,16H,6-9,11H2,1-3H3,(H,24,25). The molecule has 0 saturated carbocycles. The Bertz CT molecular complexity index is 833. The third kappa shape index (κ3) is 3.64. The quantitative estimate of drug-likeness (QED) is 0.914. The van der Waals surface area contributed by atoms with Gasteiger partial charge in [-0.25, -0.2) is 4.68 Å². The predicted octanol–water partition coefficient (Wildman–Crippen LogP) is 3.12. The smallest absolute Gasteiger partial charge is 0.303 e. The highest BCUT2D eigenvalue weighted by molar-refractivity contribution is 5.95. The first-order valence-corrected chi connectivity index (χ1v) is 9.00. The molecule has 6 heteroatoms. The first-order valence-electron chi connectivity index (χ1n) is 9.00. The second kappa shape index (κ2) is 7.32. The Kier molecular flexibility index (Phi) is 5.11. The zero-order chi connectivity index (χ0) is 18.8. The molecule has 1 aliphatic rings. The molecule has 0 unspecified atom stereocenters. The molecule has 1 aromatic carbocycles. The van der Waals surface area contributed by atoms with E-state index in [1.165, 1.54) is 0 Å². The molecule has 1 N–H and O–H groups in total. The van der Waals surface area contributed by atoms with Crippen LogP contribution in [0.3, 0.4) is 0 Å². The maximum atomic E-state index is 12.9. The van der Waals surface area contributed by atoms with Gasteiger partial charge in [0.2, 0.25) is 0 Å². The summed E-state index contributed by atoms with van der Waals surface area (Å²) in [6.45, 7) is 7.19. The average molecular weight is 355 g/mol. The summed E-state index contributed by atoms with van der Waals surface area (Å²) in [6, 6.07) is 6.19. The molecule has 0 spiro atoms. The Morgan fingerprint density at radius 3 is 2.54 bits per heavy atom. The number of aryl methyl sites for hydroxylation is 2. The minimum absolute atomic E-state index is 0.0205. The Morgan fingerprint density at radius 1 is 1.19 bits per heavy atom. The van der Waals surface area contributed by atoms with Crippen LogP contribution in [0, 0.1) is 26.7 Å². The number of carbonyl (C=O) groups is 2. The zero-order valence-corrected chi connectivity index (χ0v) is 15.5. The highest BCUT2D eigenvalue weighted by Crippen LogP contribution is 2.24. The van der Waals surface area contributed by atoms with E-state index in [4.69, 9.17) is 5.11 Å². The largest absolute Gasteiger partial charge is 0.481 e. The summed E-state index contributed by atoms with van der Waals surface area (Å²) in [7, 11) is 0. The van der Waals surface area contributed by atoms with Crippen LogP contribution in [0.15, 0.2) is 24.4 Å². The van der Waals surface area contributed by atoms with E-state index in [2.05, 4.69) is 23.3 Å². The first-order chi connectivity index (χ1) is 12.4. The Morgan fingerprint density at radius 2 is 1.88 bits per heavy atom. The van der Waals surface area contributed by atoms with Gasteiger partial charge in [0.15, 0.2) is 0 Å². The number of amides is 1. The number of piperidine rings is 1. The molecule has 138 valence electrons. The molecule has 3 rings (SSSR count). The van der Waals surface area contributed by atoms with Crippen LogP contribution in [0.4, 0.5) is 0 Å². The van der Waals surface area contributed by atoms with Gasteiger partial charge in [-0.15, -0.1) is 0 Å². The number of carbonyl (C=O) groups excluding carboxylic acids is 1. The molecule has 1 aromatic heterocycles. The third-order valence-corrected chi connectivity index (χ3v) is 5.20. The molecule has 1 amide bonds. The van der Waals surface area contributed by atoms with Gasteiger partial charge in [0, 0.05) is 19.5 Å². The van der Waals surface area contributed by atoms with Crippen molar-refractivity contribution in [2.45, 2.75) is 40.0 Å². The van der Waals surface area contributed by atoms with Crippen LogP contribution >= 0.6 is 0 Å². The fourth-order valence-electron chi connectivity index (χ4n) is 3.57. The monoisotopic (exact) mass is 355 g/mol. The fourth-order valence-corrected chi connectivity index (χ4v) is 3.57. The summed E-state index contributed by atoms with van der Waals surface area (Å²) >= 11 is 0. The van der Waals surface area contributed by atoms with Crippen LogP contribution in [0.25, 0.3) is 5.69 Å². The van der Waals surface area contributed by atoms with Crippen molar-refractivity contribution in [2.24, 2.45) is 5.92 Å². The van der Waals surface area contributed by atoms with Crippen LogP contribution in [0.1, 0.15) is 46.4 Å². The maximum Gasteiger partial charge on any atom is 0.303 e. The van der Waals surface area contributed by atoms with Crippen LogP contribution < -0.4 is 0 Å². The van der Waals surface area contributed by atoms with Crippen molar-refractivity contribution >= 4 is 11.9 Å². The molecule has 0 bridgehead atoms. The Balaban J connectivity index is 1.77. The predicted molar refractivity (Wildman–Crippen MR) is 98.7 cm³/mol. The van der Waals surface area contributed by atoms with E-state index in [-0.39, 0.29) is 18.2 Å². The van der Waals surface area contributed by atoms with E-state index >= 15 is 0 Å². The summed E-state index contributed by atoms with van der Waals surface area (Å²) in [5, 5.41) is 13.4. The normalized spacial score (nSPS) is 15.3. The van der Waals surface area contributed by atoms with E-state index in [9.17, 15) is 9.59 Å². The number of hydrogen-bond acceptors (Lipinski definition) is 3. The average Bonchev–Trinajstić information content (AvgIpc) is 2.98. The van der Waals surface area contributed by atoms with Gasteiger partial charge in [-0.05, 0) is 56.7 Å². The van der Waals surface area contributed by atoms with Crippen molar-refractivity contribution in [1.82, 2.24) is 14.7 Å². The topological polar surface area (TPSA) is 75.4 Å². The number of rotatable bonds is 4. The van der Waals surface area contributed by atoms with Crippen molar-refractivity contribution in [2.75, 3.05) is 13.1 Å². The summed E-state index contributed by atoms with van der Waals surface area (Å²) in [4.78, 5) is 25.6. The van der Waals surface area contributed by atoms with E-state index in [1.807, 2.05) is 30.4 Å². The van der Waals surface area contributed by atoms with Crippen LogP contribution in [-0.2, 0) is 4.79 Å². The minimum Gasteiger partial charge on any atom is -0.481 e. The first kappa shape index (κ1) is 18.2. The number of aliphatic carboxylic acids is 1. The number of nitrogens with zero attached hydrogens (tertiary/aromatic N) is 3. The second-order valence-electron chi connectivity index (χ2n) is 7.18. The van der Waals surface area contributed by atoms with E-state index < -0.39 is 5.97 Å². The van der Waals surface area contributed by atoms with Gasteiger partial charge in [0.05, 0.1) is 23.1 Å². The lowest BCUT2D eigenvalue weighted by Gasteiger charge is -2.31. The minimum atomic E-state index is -0.763. The summed E-state index contributed by atoms with van der Waals surface area (Å²) in [6.07, 6.45) is 3.30. The van der Waals surface area contributed by atoms with Gasteiger partial charge in [-0.1, -0.05) is 12.1 Å². The molecule has 2 aromatic rings. The maximum absolute atomic E-state index is 12.9. The van der Waals surface area contributed by atoms with Crippen molar-refractivity contribution in [3.63, 3.8) is 0 Å². The SMILES string of the molecule is Cc1ccc(C)c(-n2ncc(C(=O)N3CCC(CC(=O)O)CC3)c2C)c1. The number of carboxylic acid groups (broad SMARTS) is 1. The summed E-state index contributed by atoms with van der Waals surface area (Å²) in [5.74, 6) is -0.622. The fraction of sp³-hybridized carbons (Fsp3) is 0.450. The number of benzene rings is 1. The van der Waals surface area contributed by atoms with Crippen molar-refractivity contribution < 1.29 is 14.7 Å². The van der Waals surface area contributed by atoms with Crippen molar-refractivity contribution in [1.29, 1.82) is 0 Å². The number of hydrogen-bond donors (Lipinski definition) is 1. The van der Waals surface area contributed by atoms with Crippen LogP contribution in [0.5, 0.6) is 0 Å². The number of likely N-dealkylation sites (tertiary alicyclic amines) is 1. The lowest BCUT2D eigenvalue weighted by atomic mass is 9.93. The molecule has 6 nitrogen and oxygen atoms in total. The lowest BCUT2D eigenvalue weighted by molar-refractivity contribution is -0.138. The highest BCUT2D eigenvalue weighted by atomic mass is 16.4. The van der Waals surface area contributed by atoms with Crippen molar-refractivity contribution in [3.8, 4) is 5.69 Å². The van der Waals surface area contributed by atoms with E-state index in [0.29, 0.717) is 18.7 Å². The Labute approximate surface area is 153 Å². The molecule has 1 saturated heterocycles. The number of aromatic nitrogens is 2. The molecule has 1 fully saturated rings. The molecule has 0 aliphatic carbocycles. The zero-order valence-electron chi connectivity index (χ0n) is 15.5. The molecular formula is C20H25N3O3. The van der Waals surface area contributed by atoms with E-state index in [0.717, 1.165) is 35.3 Å². The Hall–Kier alpha value is -2.63. The van der Waals surface area contributed by atoms with Crippen LogP contribution in [-0.4, -0.2) is 44.8 Å². The molecule has 26 heavy (non-hydrogen) atoms.